The number of halogens is 1. The Morgan fingerprint density at radius 3 is 2.72 bits per heavy atom. The molecule has 2 saturated heterocycles. The van der Waals surface area contributed by atoms with Gasteiger partial charge in [0.25, 0.3) is 0 Å². The van der Waals surface area contributed by atoms with Crippen molar-refractivity contribution in [1.29, 1.82) is 0 Å². The van der Waals surface area contributed by atoms with Crippen LogP contribution >= 0.6 is 11.9 Å². The average Bonchev–Trinajstić information content (AvgIpc) is 2.64. The minimum Gasteiger partial charge on any atom is -0.323 e. The van der Waals surface area contributed by atoms with E-state index in [0.29, 0.717) is 29.9 Å². The molecule has 1 aromatic rings. The van der Waals surface area contributed by atoms with Crippen LogP contribution in [0.15, 0.2) is 18.2 Å². The number of piperidine rings is 2. The third kappa shape index (κ3) is 5.03. The number of amides is 1. The largest absolute Gasteiger partial charge is 0.323 e. The first-order valence-corrected chi connectivity index (χ1v) is 9.76. The van der Waals surface area contributed by atoms with Crippen LogP contribution in [0.3, 0.4) is 0 Å². The fourth-order valence-electron chi connectivity index (χ4n) is 3.13. The van der Waals surface area contributed by atoms with Gasteiger partial charge in [0, 0.05) is 43.2 Å². The van der Waals surface area contributed by atoms with E-state index >= 15 is 0 Å². The van der Waals surface area contributed by atoms with Gasteiger partial charge in [-0.1, -0.05) is 24.1 Å². The second-order valence-electron chi connectivity index (χ2n) is 6.53. The summed E-state index contributed by atoms with van der Waals surface area (Å²) in [5, 5.41) is 5.98. The van der Waals surface area contributed by atoms with Crippen molar-refractivity contribution in [3.63, 3.8) is 0 Å². The van der Waals surface area contributed by atoms with E-state index in [0.717, 1.165) is 39.0 Å². The molecule has 0 bridgehead atoms. The molecule has 0 unspecified atom stereocenters. The molecular formula is C18H24FN3O2S. The second-order valence-corrected chi connectivity index (χ2v) is 7.60. The highest BCUT2D eigenvalue weighted by Crippen LogP contribution is 2.26. The lowest BCUT2D eigenvalue weighted by Gasteiger charge is -2.24. The molecule has 2 fully saturated rings. The van der Waals surface area contributed by atoms with Crippen molar-refractivity contribution in [2.75, 3.05) is 31.5 Å². The van der Waals surface area contributed by atoms with E-state index in [2.05, 4.69) is 14.9 Å². The van der Waals surface area contributed by atoms with Gasteiger partial charge in [-0.15, -0.1) is 0 Å². The molecule has 0 atom stereocenters. The van der Waals surface area contributed by atoms with Gasteiger partial charge in [0.15, 0.2) is 5.82 Å². The molecule has 3 rings (SSSR count). The number of carbonyl (C=O) groups excluding carboxylic acids is 2. The lowest BCUT2D eigenvalue weighted by molar-refractivity contribution is -0.121. The highest BCUT2D eigenvalue weighted by molar-refractivity contribution is 7.96. The monoisotopic (exact) mass is 365 g/mol. The molecule has 1 amide bonds. The number of benzene rings is 1. The zero-order chi connectivity index (χ0) is 17.6. The lowest BCUT2D eigenvalue weighted by Crippen LogP contribution is -2.34. The maximum absolute atomic E-state index is 14.7. The molecule has 25 heavy (non-hydrogen) atoms. The molecule has 2 aliphatic heterocycles. The molecule has 0 spiro atoms. The number of Topliss-reactive ketones (excluding diaryl/α,β-unsaturated/α-hetero) is 1. The molecule has 0 saturated carbocycles. The number of carbonyl (C=O) groups is 2. The average molecular weight is 365 g/mol. The van der Waals surface area contributed by atoms with Crippen molar-refractivity contribution >= 4 is 29.3 Å². The Morgan fingerprint density at radius 1 is 1.28 bits per heavy atom. The smallest absolute Gasteiger partial charge is 0.227 e. The fraction of sp³-hybridized carbons (Fsp3) is 0.556. The molecule has 2 aliphatic rings. The summed E-state index contributed by atoms with van der Waals surface area (Å²) in [6.07, 6.45) is 2.72. The van der Waals surface area contributed by atoms with Crippen molar-refractivity contribution in [2.24, 2.45) is 5.92 Å². The topological polar surface area (TPSA) is 61.4 Å². The number of nitrogens with one attached hydrogen (secondary N) is 2. The summed E-state index contributed by atoms with van der Waals surface area (Å²) in [7, 11) is 0. The van der Waals surface area contributed by atoms with Gasteiger partial charge < -0.3 is 10.6 Å². The van der Waals surface area contributed by atoms with E-state index in [1.165, 1.54) is 0 Å². The zero-order valence-corrected chi connectivity index (χ0v) is 15.0. The molecule has 0 aliphatic carbocycles. The van der Waals surface area contributed by atoms with Crippen molar-refractivity contribution in [2.45, 2.75) is 31.4 Å². The number of nitrogens with zero attached hydrogens (tertiary/aromatic N) is 1. The Balaban J connectivity index is 1.57. The minimum atomic E-state index is -0.356. The molecule has 1 aromatic carbocycles. The quantitative estimate of drug-likeness (QED) is 0.786. The molecule has 0 aromatic heterocycles. The third-order valence-electron chi connectivity index (χ3n) is 4.73. The van der Waals surface area contributed by atoms with Crippen LogP contribution in [0.5, 0.6) is 0 Å². The Morgan fingerprint density at radius 2 is 2.00 bits per heavy atom. The van der Waals surface area contributed by atoms with Crippen LogP contribution in [0.25, 0.3) is 0 Å². The first kappa shape index (κ1) is 18.4. The first-order chi connectivity index (χ1) is 12.1. The van der Waals surface area contributed by atoms with Gasteiger partial charge in [-0.3, -0.25) is 9.59 Å². The van der Waals surface area contributed by atoms with Gasteiger partial charge in [0.1, 0.15) is 5.78 Å². The van der Waals surface area contributed by atoms with Crippen LogP contribution in [0.2, 0.25) is 0 Å². The summed E-state index contributed by atoms with van der Waals surface area (Å²) in [6.45, 7) is 3.10. The maximum atomic E-state index is 14.7. The fourth-order valence-corrected chi connectivity index (χ4v) is 4.12. The summed E-state index contributed by atoms with van der Waals surface area (Å²) in [5.41, 5.74) is 0.834. The number of ketones is 1. The summed E-state index contributed by atoms with van der Waals surface area (Å²) in [4.78, 5) is 23.6. The van der Waals surface area contributed by atoms with E-state index in [1.807, 2.05) is 0 Å². The van der Waals surface area contributed by atoms with E-state index in [4.69, 9.17) is 0 Å². The third-order valence-corrected chi connectivity index (χ3v) is 5.90. The predicted octanol–water partition coefficient (Wildman–Crippen LogP) is 2.58. The molecule has 0 radical (unpaired) electrons. The van der Waals surface area contributed by atoms with Crippen LogP contribution in [-0.4, -0.2) is 42.2 Å². The minimum absolute atomic E-state index is 0.0513. The van der Waals surface area contributed by atoms with Crippen LogP contribution in [0.1, 0.15) is 31.2 Å². The highest BCUT2D eigenvalue weighted by atomic mass is 32.2. The van der Waals surface area contributed by atoms with Crippen molar-refractivity contribution < 1.29 is 14.0 Å². The Kier molecular flexibility index (Phi) is 6.45. The second kappa shape index (κ2) is 8.78. The predicted molar refractivity (Wildman–Crippen MR) is 97.7 cm³/mol. The van der Waals surface area contributed by atoms with Gasteiger partial charge in [-0.05, 0) is 32.0 Å². The maximum Gasteiger partial charge on any atom is 0.227 e. The van der Waals surface area contributed by atoms with Crippen LogP contribution < -0.4 is 10.6 Å². The highest BCUT2D eigenvalue weighted by Gasteiger charge is 2.22. The first-order valence-electron chi connectivity index (χ1n) is 8.82. The van der Waals surface area contributed by atoms with E-state index in [1.54, 1.807) is 30.1 Å². The Bertz CT molecular complexity index is 625. The Hall–Kier alpha value is -1.44. The SMILES string of the molecule is O=C1CCN(SCc2cccc(NC(=O)C3CCNCC3)c2F)CC1. The Labute approximate surface area is 151 Å². The number of hydrogen-bond acceptors (Lipinski definition) is 5. The van der Waals surface area contributed by atoms with E-state index in [9.17, 15) is 14.0 Å². The summed E-state index contributed by atoms with van der Waals surface area (Å²) >= 11 is 1.54. The van der Waals surface area contributed by atoms with E-state index < -0.39 is 0 Å². The summed E-state index contributed by atoms with van der Waals surface area (Å²) in [5.74, 6) is 0.289. The van der Waals surface area contributed by atoms with Gasteiger partial charge in [0.2, 0.25) is 5.91 Å². The van der Waals surface area contributed by atoms with Crippen LogP contribution in [-0.2, 0) is 15.3 Å². The van der Waals surface area contributed by atoms with Crippen LogP contribution in [0.4, 0.5) is 10.1 Å². The normalized spacial score (nSPS) is 19.8. The number of rotatable bonds is 5. The van der Waals surface area contributed by atoms with Gasteiger partial charge in [-0.2, -0.15) is 0 Å². The molecule has 7 heteroatoms. The van der Waals surface area contributed by atoms with Crippen molar-refractivity contribution in [3.8, 4) is 0 Å². The standard InChI is InChI=1S/C18H24FN3O2S/c19-17-14(12-25-22-10-6-15(23)7-11-22)2-1-3-16(17)21-18(24)13-4-8-20-9-5-13/h1-3,13,20H,4-12H2,(H,21,24). The number of anilines is 1. The van der Waals surface area contributed by atoms with Crippen LogP contribution in [0, 0.1) is 11.7 Å². The molecule has 136 valence electrons. The van der Waals surface area contributed by atoms with E-state index in [-0.39, 0.29) is 23.3 Å². The molecule has 2 heterocycles. The molecule has 5 nitrogen and oxygen atoms in total. The summed E-state index contributed by atoms with van der Waals surface area (Å²) < 4.78 is 16.8. The van der Waals surface area contributed by atoms with Gasteiger partial charge >= 0.3 is 0 Å². The lowest BCUT2D eigenvalue weighted by atomic mass is 9.97. The van der Waals surface area contributed by atoms with Crippen molar-refractivity contribution in [3.05, 3.63) is 29.6 Å². The zero-order valence-electron chi connectivity index (χ0n) is 14.2. The molecule has 2 N–H and O–H groups in total. The summed E-state index contributed by atoms with van der Waals surface area (Å²) in [6, 6.07) is 5.14. The van der Waals surface area contributed by atoms with Gasteiger partial charge in [0.05, 0.1) is 5.69 Å². The number of hydrogen-bond donors (Lipinski definition) is 2. The van der Waals surface area contributed by atoms with Crippen molar-refractivity contribution in [1.82, 2.24) is 9.62 Å². The molecular weight excluding hydrogens is 341 g/mol. The van der Waals surface area contributed by atoms with Gasteiger partial charge in [-0.25, -0.2) is 8.70 Å².